The lowest BCUT2D eigenvalue weighted by atomic mass is 9.92. The molecule has 4 rings (SSSR count). The van der Waals surface area contributed by atoms with Gasteiger partial charge < -0.3 is 25.2 Å². The molecule has 0 bridgehead atoms. The SMILES string of the molecule is Cn1cncc1CNCC1([OH2+])CN(C(=O)c2ccc(F)c(F)c2Nc2ccc(I)cc2F)C1. The summed E-state index contributed by atoms with van der Waals surface area (Å²) in [7, 11) is 1.87. The van der Waals surface area contributed by atoms with E-state index in [0.717, 1.165) is 17.8 Å². The molecule has 1 aliphatic heterocycles. The third-order valence-electron chi connectivity index (χ3n) is 5.48. The number of rotatable bonds is 7. The molecule has 1 fully saturated rings. The van der Waals surface area contributed by atoms with Gasteiger partial charge in [0.2, 0.25) is 5.60 Å². The number of halogens is 4. The van der Waals surface area contributed by atoms with Crippen LogP contribution in [0.1, 0.15) is 16.1 Å². The van der Waals surface area contributed by atoms with Crippen LogP contribution in [-0.4, -0.2) is 50.7 Å². The second-order valence-electron chi connectivity index (χ2n) is 8.07. The Hall–Kier alpha value is -2.64. The van der Waals surface area contributed by atoms with Crippen molar-refractivity contribution in [1.82, 2.24) is 19.8 Å². The van der Waals surface area contributed by atoms with Gasteiger partial charge in [0.15, 0.2) is 11.6 Å². The molecule has 1 aliphatic rings. The van der Waals surface area contributed by atoms with Gasteiger partial charge in [0, 0.05) is 23.4 Å². The van der Waals surface area contributed by atoms with Crippen molar-refractivity contribution in [1.29, 1.82) is 0 Å². The number of carbonyl (C=O) groups is 1. The minimum atomic E-state index is -1.27. The molecular formula is C22H22F3IN5O2+. The Morgan fingerprint density at radius 1 is 1.21 bits per heavy atom. The summed E-state index contributed by atoms with van der Waals surface area (Å²) >= 11 is 1.93. The number of imidazole rings is 1. The Balaban J connectivity index is 1.45. The molecule has 174 valence electrons. The summed E-state index contributed by atoms with van der Waals surface area (Å²) < 4.78 is 45.3. The van der Waals surface area contributed by atoms with Crippen molar-refractivity contribution in [3.63, 3.8) is 0 Å². The Labute approximate surface area is 201 Å². The number of likely N-dealkylation sites (tertiary alicyclic amines) is 1. The second kappa shape index (κ2) is 9.31. The highest BCUT2D eigenvalue weighted by atomic mass is 127. The zero-order chi connectivity index (χ0) is 23.8. The van der Waals surface area contributed by atoms with Crippen LogP contribution in [0.5, 0.6) is 0 Å². The average molecular weight is 572 g/mol. The fourth-order valence-electron chi connectivity index (χ4n) is 3.67. The number of amides is 1. The third-order valence-corrected chi connectivity index (χ3v) is 6.15. The molecule has 1 saturated heterocycles. The first-order valence-electron chi connectivity index (χ1n) is 10.1. The summed E-state index contributed by atoms with van der Waals surface area (Å²) in [4.78, 5) is 18.4. The van der Waals surface area contributed by atoms with Crippen LogP contribution < -0.4 is 10.6 Å². The number of anilines is 2. The monoisotopic (exact) mass is 572 g/mol. The largest absolute Gasteiger partial charge is 0.437 e. The highest BCUT2D eigenvalue weighted by Gasteiger charge is 2.48. The summed E-state index contributed by atoms with van der Waals surface area (Å²) in [5.74, 6) is -3.64. The van der Waals surface area contributed by atoms with Crippen LogP contribution in [0.25, 0.3) is 0 Å². The number of hydrogen-bond donors (Lipinski definition) is 2. The van der Waals surface area contributed by atoms with Crippen LogP contribution in [0.15, 0.2) is 42.9 Å². The van der Waals surface area contributed by atoms with E-state index in [9.17, 15) is 18.0 Å². The van der Waals surface area contributed by atoms with Gasteiger partial charge in [-0.3, -0.25) is 4.79 Å². The van der Waals surface area contributed by atoms with E-state index in [4.69, 9.17) is 5.11 Å². The molecule has 0 aliphatic carbocycles. The molecule has 1 amide bonds. The maximum Gasteiger partial charge on any atom is 0.256 e. The minimum Gasteiger partial charge on any atom is -0.437 e. The smallest absolute Gasteiger partial charge is 0.256 e. The van der Waals surface area contributed by atoms with E-state index in [2.05, 4.69) is 15.6 Å². The minimum absolute atomic E-state index is 0.0771. The standard InChI is InChI=1S/C22H21F3IN5O2/c1-30-12-28-8-14(30)7-27-9-22(33)10-31(11-22)21(32)15-3-4-16(23)19(25)20(15)29-18-5-2-13(26)6-17(18)24/h2-6,8,12,27,29,33H,7,9-11H2,1H3/p+1. The van der Waals surface area contributed by atoms with Gasteiger partial charge in [-0.15, -0.1) is 0 Å². The first-order valence-corrected chi connectivity index (χ1v) is 11.1. The number of carbonyl (C=O) groups excluding carboxylic acids is 1. The van der Waals surface area contributed by atoms with Crippen molar-refractivity contribution in [3.8, 4) is 0 Å². The molecule has 0 saturated carbocycles. The van der Waals surface area contributed by atoms with Crippen molar-refractivity contribution in [2.75, 3.05) is 25.0 Å². The molecule has 2 aromatic carbocycles. The maximum atomic E-state index is 14.6. The predicted octanol–water partition coefficient (Wildman–Crippen LogP) is 2.89. The quantitative estimate of drug-likeness (QED) is 0.337. The van der Waals surface area contributed by atoms with Crippen LogP contribution >= 0.6 is 22.6 Å². The topological polar surface area (TPSA) is 85.1 Å². The fraction of sp³-hybridized carbons (Fsp3) is 0.273. The molecule has 1 aromatic heterocycles. The van der Waals surface area contributed by atoms with E-state index >= 15 is 0 Å². The molecule has 7 nitrogen and oxygen atoms in total. The van der Waals surface area contributed by atoms with Crippen LogP contribution in [0.4, 0.5) is 24.5 Å². The number of nitrogens with one attached hydrogen (secondary N) is 2. The summed E-state index contributed by atoms with van der Waals surface area (Å²) in [6.07, 6.45) is 3.42. The second-order valence-corrected chi connectivity index (χ2v) is 9.32. The van der Waals surface area contributed by atoms with Gasteiger partial charge in [-0.05, 0) is 52.9 Å². The lowest BCUT2D eigenvalue weighted by molar-refractivity contribution is -0.0787. The number of hydrogen-bond acceptors (Lipinski definition) is 4. The van der Waals surface area contributed by atoms with E-state index in [1.54, 1.807) is 18.6 Å². The third kappa shape index (κ3) is 4.99. The summed E-state index contributed by atoms with van der Waals surface area (Å²) in [5.41, 5.74) is -0.575. The lowest BCUT2D eigenvalue weighted by Gasteiger charge is -2.42. The van der Waals surface area contributed by atoms with Crippen molar-refractivity contribution in [3.05, 3.63) is 75.1 Å². The van der Waals surface area contributed by atoms with E-state index in [0.29, 0.717) is 16.7 Å². The summed E-state index contributed by atoms with van der Waals surface area (Å²) in [6.45, 7) is 1.13. The van der Waals surface area contributed by atoms with Gasteiger partial charge in [0.05, 0.1) is 48.6 Å². The predicted molar refractivity (Wildman–Crippen MR) is 126 cm³/mol. The Bertz CT molecular complexity index is 1200. The molecule has 0 unspecified atom stereocenters. The van der Waals surface area contributed by atoms with Gasteiger partial charge in [0.25, 0.3) is 5.91 Å². The van der Waals surface area contributed by atoms with Gasteiger partial charge in [-0.25, -0.2) is 18.2 Å². The molecule has 2 heterocycles. The van der Waals surface area contributed by atoms with E-state index < -0.39 is 34.6 Å². The average Bonchev–Trinajstić information content (AvgIpc) is 3.15. The summed E-state index contributed by atoms with van der Waals surface area (Å²) in [6, 6.07) is 6.26. The Kier molecular flexibility index (Phi) is 6.64. The van der Waals surface area contributed by atoms with Crippen molar-refractivity contribution in [2.45, 2.75) is 12.1 Å². The van der Waals surface area contributed by atoms with Gasteiger partial charge in [-0.1, -0.05) is 0 Å². The molecule has 0 radical (unpaired) electrons. The van der Waals surface area contributed by atoms with Gasteiger partial charge in [-0.2, -0.15) is 0 Å². The number of benzene rings is 2. The highest BCUT2D eigenvalue weighted by molar-refractivity contribution is 14.1. The van der Waals surface area contributed by atoms with Crippen LogP contribution in [0, 0.1) is 21.0 Å². The molecular weight excluding hydrogens is 550 g/mol. The first kappa shape index (κ1) is 23.5. The maximum absolute atomic E-state index is 14.6. The van der Waals surface area contributed by atoms with E-state index in [1.165, 1.54) is 17.0 Å². The fourth-order valence-corrected chi connectivity index (χ4v) is 4.12. The van der Waals surface area contributed by atoms with Gasteiger partial charge in [0.1, 0.15) is 5.82 Å². The van der Waals surface area contributed by atoms with Crippen LogP contribution in [-0.2, 0) is 13.6 Å². The molecule has 3 aromatic rings. The molecule has 0 spiro atoms. The molecule has 0 atom stereocenters. The van der Waals surface area contributed by atoms with Gasteiger partial charge >= 0.3 is 0 Å². The summed E-state index contributed by atoms with van der Waals surface area (Å²) in [5, 5.41) is 14.2. The Morgan fingerprint density at radius 2 is 1.97 bits per heavy atom. The molecule has 4 N–H and O–H groups in total. The normalized spacial score (nSPS) is 14.8. The zero-order valence-electron chi connectivity index (χ0n) is 17.6. The van der Waals surface area contributed by atoms with Crippen LogP contribution in [0.3, 0.4) is 0 Å². The first-order chi connectivity index (χ1) is 15.7. The van der Waals surface area contributed by atoms with Crippen molar-refractivity contribution < 1.29 is 23.1 Å². The van der Waals surface area contributed by atoms with E-state index in [-0.39, 0.29) is 24.3 Å². The molecule has 11 heteroatoms. The lowest BCUT2D eigenvalue weighted by Crippen LogP contribution is -2.67. The zero-order valence-corrected chi connectivity index (χ0v) is 19.8. The molecule has 33 heavy (non-hydrogen) atoms. The highest BCUT2D eigenvalue weighted by Crippen LogP contribution is 2.31. The number of aryl methyl sites for hydroxylation is 1. The van der Waals surface area contributed by atoms with Crippen molar-refractivity contribution in [2.24, 2.45) is 7.05 Å². The van der Waals surface area contributed by atoms with Crippen molar-refractivity contribution >= 4 is 39.9 Å². The number of nitrogens with zero attached hydrogens (tertiary/aromatic N) is 3. The van der Waals surface area contributed by atoms with Crippen LogP contribution in [0.2, 0.25) is 0 Å². The number of aromatic nitrogens is 2. The Morgan fingerprint density at radius 3 is 2.64 bits per heavy atom. The van der Waals surface area contributed by atoms with E-state index in [1.807, 2.05) is 34.2 Å².